The van der Waals surface area contributed by atoms with Gasteiger partial charge in [-0.05, 0) is 44.0 Å². The minimum absolute atomic E-state index is 0. The number of Topliss-reactive ketones (excluding diaryl/α,β-unsaturated/α-hetero) is 1. The number of likely N-dealkylation sites (N-methyl/N-ethyl adjacent to an activating group) is 1. The molecular weight excluding hydrogens is 302 g/mol. The van der Waals surface area contributed by atoms with Crippen molar-refractivity contribution in [2.24, 2.45) is 5.92 Å². The van der Waals surface area contributed by atoms with Gasteiger partial charge in [0, 0.05) is 24.4 Å². The average molecular weight is 326 g/mol. The Morgan fingerprint density at radius 2 is 2.18 bits per heavy atom. The number of ketones is 1. The Morgan fingerprint density at radius 3 is 2.82 bits per heavy atom. The zero-order chi connectivity index (χ0) is 15.1. The molecule has 4 nitrogen and oxygen atoms in total. The van der Waals surface area contributed by atoms with Gasteiger partial charge in [0.25, 0.3) is 0 Å². The summed E-state index contributed by atoms with van der Waals surface area (Å²) in [6.45, 7) is 3.95. The molecule has 0 unspecified atom stereocenters. The Balaban J connectivity index is 0.00000176. The lowest BCUT2D eigenvalue weighted by atomic mass is 9.70. The summed E-state index contributed by atoms with van der Waals surface area (Å²) < 4.78 is 5.44. The van der Waals surface area contributed by atoms with Crippen LogP contribution in [0.15, 0.2) is 6.07 Å². The second-order valence-electron chi connectivity index (χ2n) is 6.27. The summed E-state index contributed by atoms with van der Waals surface area (Å²) >= 11 is 0. The fourth-order valence-electron chi connectivity index (χ4n) is 3.91. The number of ether oxygens (including phenoxy) is 1. The number of likely N-dealkylation sites (tertiary alicyclic amines) is 1. The Kier molecular flexibility index (Phi) is 5.03. The molecule has 1 aliphatic carbocycles. The van der Waals surface area contributed by atoms with Gasteiger partial charge in [-0.1, -0.05) is 6.92 Å². The number of phenols is 1. The van der Waals surface area contributed by atoms with Crippen molar-refractivity contribution in [3.63, 3.8) is 0 Å². The maximum atomic E-state index is 12.5. The number of hydrogen-bond acceptors (Lipinski definition) is 4. The van der Waals surface area contributed by atoms with Gasteiger partial charge in [-0.2, -0.15) is 0 Å². The lowest BCUT2D eigenvalue weighted by Gasteiger charge is -2.40. The number of piperidine rings is 1. The number of aromatic hydroxyl groups is 1. The van der Waals surface area contributed by atoms with Crippen LogP contribution < -0.4 is 4.74 Å². The Morgan fingerprint density at radius 1 is 1.45 bits per heavy atom. The third kappa shape index (κ3) is 2.59. The van der Waals surface area contributed by atoms with Gasteiger partial charge in [-0.3, -0.25) is 4.79 Å². The van der Waals surface area contributed by atoms with E-state index >= 15 is 0 Å². The molecule has 0 saturated carbocycles. The molecule has 5 heteroatoms. The topological polar surface area (TPSA) is 49.8 Å². The van der Waals surface area contributed by atoms with Crippen LogP contribution in [0.4, 0.5) is 0 Å². The van der Waals surface area contributed by atoms with Crippen molar-refractivity contribution in [1.82, 2.24) is 4.90 Å². The highest BCUT2D eigenvalue weighted by Gasteiger charge is 2.39. The number of phenolic OH excluding ortho intramolecular Hbond substituents is 1. The maximum absolute atomic E-state index is 12.5. The molecule has 1 saturated heterocycles. The van der Waals surface area contributed by atoms with E-state index in [-0.39, 0.29) is 23.9 Å². The van der Waals surface area contributed by atoms with Crippen LogP contribution in [-0.2, 0) is 6.42 Å². The monoisotopic (exact) mass is 325 g/mol. The molecule has 1 fully saturated rings. The first kappa shape index (κ1) is 17.1. The van der Waals surface area contributed by atoms with Crippen molar-refractivity contribution in [3.8, 4) is 11.5 Å². The number of fused-ring (bicyclic) bond motifs is 3. The first-order chi connectivity index (χ1) is 10.1. The van der Waals surface area contributed by atoms with E-state index in [0.717, 1.165) is 30.6 Å². The number of rotatable bonds is 2. The fraction of sp³-hybridized carbons (Fsp3) is 0.588. The predicted molar refractivity (Wildman–Crippen MR) is 88.6 cm³/mol. The van der Waals surface area contributed by atoms with Crippen LogP contribution in [0.5, 0.6) is 11.5 Å². The minimum atomic E-state index is 0. The van der Waals surface area contributed by atoms with Crippen LogP contribution in [0, 0.1) is 5.92 Å². The number of benzene rings is 1. The van der Waals surface area contributed by atoms with E-state index in [4.69, 9.17) is 4.74 Å². The molecule has 1 aromatic rings. The van der Waals surface area contributed by atoms with Gasteiger partial charge in [0.2, 0.25) is 0 Å². The second-order valence-corrected chi connectivity index (χ2v) is 6.27. The third-order valence-corrected chi connectivity index (χ3v) is 5.05. The van der Waals surface area contributed by atoms with Gasteiger partial charge in [0.05, 0.1) is 12.7 Å². The first-order valence-corrected chi connectivity index (χ1v) is 7.71. The largest absolute Gasteiger partial charge is 0.507 e. The molecule has 2 atom stereocenters. The van der Waals surface area contributed by atoms with Gasteiger partial charge in [0.15, 0.2) is 5.78 Å². The maximum Gasteiger partial charge on any atom is 0.167 e. The molecular formula is C17H24ClNO3. The highest BCUT2D eigenvalue weighted by molar-refractivity contribution is 6.02. The summed E-state index contributed by atoms with van der Waals surface area (Å²) in [5.74, 6) is 1.66. The molecule has 0 bridgehead atoms. The first-order valence-electron chi connectivity index (χ1n) is 7.71. The van der Waals surface area contributed by atoms with E-state index in [1.807, 2.05) is 13.0 Å². The molecule has 0 amide bonds. The lowest BCUT2D eigenvalue weighted by Crippen LogP contribution is -2.40. The van der Waals surface area contributed by atoms with Gasteiger partial charge < -0.3 is 14.7 Å². The van der Waals surface area contributed by atoms with E-state index in [1.165, 1.54) is 0 Å². The fourth-order valence-corrected chi connectivity index (χ4v) is 3.91. The molecule has 2 aliphatic rings. The number of halogens is 1. The van der Waals surface area contributed by atoms with Crippen LogP contribution in [-0.4, -0.2) is 43.0 Å². The smallest absolute Gasteiger partial charge is 0.167 e. The van der Waals surface area contributed by atoms with E-state index < -0.39 is 0 Å². The number of methoxy groups -OCH3 is 1. The summed E-state index contributed by atoms with van der Waals surface area (Å²) in [5, 5.41) is 10.6. The average Bonchev–Trinajstić information content (AvgIpc) is 2.47. The summed E-state index contributed by atoms with van der Waals surface area (Å²) in [6, 6.07) is 1.99. The van der Waals surface area contributed by atoms with E-state index in [2.05, 4.69) is 11.9 Å². The van der Waals surface area contributed by atoms with Crippen molar-refractivity contribution in [3.05, 3.63) is 22.8 Å². The van der Waals surface area contributed by atoms with Crippen molar-refractivity contribution < 1.29 is 14.6 Å². The van der Waals surface area contributed by atoms with Gasteiger partial charge in [-0.15, -0.1) is 12.4 Å². The molecule has 0 spiro atoms. The zero-order valence-corrected chi connectivity index (χ0v) is 14.2. The molecule has 0 aromatic heterocycles. The molecule has 0 radical (unpaired) electrons. The number of hydrogen-bond donors (Lipinski definition) is 1. The predicted octanol–water partition coefficient (Wildman–Crippen LogP) is 3.01. The van der Waals surface area contributed by atoms with Crippen molar-refractivity contribution in [2.45, 2.75) is 32.1 Å². The summed E-state index contributed by atoms with van der Waals surface area (Å²) in [6.07, 6.45) is 2.27. The minimum Gasteiger partial charge on any atom is -0.507 e. The summed E-state index contributed by atoms with van der Waals surface area (Å²) in [7, 11) is 3.74. The second kappa shape index (κ2) is 6.47. The molecule has 1 heterocycles. The van der Waals surface area contributed by atoms with E-state index in [0.29, 0.717) is 36.0 Å². The van der Waals surface area contributed by atoms with Crippen LogP contribution in [0.2, 0.25) is 0 Å². The third-order valence-electron chi connectivity index (χ3n) is 5.05. The van der Waals surface area contributed by atoms with Crippen molar-refractivity contribution >= 4 is 18.2 Å². The standard InChI is InChI=1S/C17H23NO3.ClH/c1-4-11-15(21-3)8-12-13-9-18(2)6-5-10(13)7-14(19)16(12)17(11)20;/h8,10,13,20H,4-7,9H2,1-3H3;1H/t10-,13+;/m0./s1. The van der Waals surface area contributed by atoms with Gasteiger partial charge in [0.1, 0.15) is 11.5 Å². The van der Waals surface area contributed by atoms with Crippen LogP contribution in [0.25, 0.3) is 0 Å². The number of carbonyl (C=O) groups excluding carboxylic acids is 1. The molecule has 1 N–H and O–H groups in total. The molecule has 122 valence electrons. The van der Waals surface area contributed by atoms with Crippen LogP contribution in [0.3, 0.4) is 0 Å². The highest BCUT2D eigenvalue weighted by atomic mass is 35.5. The van der Waals surface area contributed by atoms with Crippen LogP contribution in [0.1, 0.15) is 47.2 Å². The summed E-state index contributed by atoms with van der Waals surface area (Å²) in [5.41, 5.74) is 2.27. The summed E-state index contributed by atoms with van der Waals surface area (Å²) in [4.78, 5) is 14.8. The normalized spacial score (nSPS) is 24.2. The highest BCUT2D eigenvalue weighted by Crippen LogP contribution is 2.47. The quantitative estimate of drug-likeness (QED) is 0.908. The molecule has 3 rings (SSSR count). The Bertz CT molecular complexity index is 588. The van der Waals surface area contributed by atoms with Gasteiger partial charge in [-0.25, -0.2) is 0 Å². The zero-order valence-electron chi connectivity index (χ0n) is 13.4. The molecule has 1 aromatic carbocycles. The SMILES string of the molecule is CCc1c(OC)cc2c(c1O)C(=O)C[C@@H]1CCN(C)C[C@@H]21.Cl. The van der Waals surface area contributed by atoms with Crippen LogP contribution >= 0.6 is 12.4 Å². The molecule has 1 aliphatic heterocycles. The number of carbonyl (C=O) groups is 1. The van der Waals surface area contributed by atoms with E-state index in [1.54, 1.807) is 7.11 Å². The van der Waals surface area contributed by atoms with Gasteiger partial charge >= 0.3 is 0 Å². The lowest BCUT2D eigenvalue weighted by molar-refractivity contribution is 0.0883. The molecule has 22 heavy (non-hydrogen) atoms. The van der Waals surface area contributed by atoms with Crippen molar-refractivity contribution in [1.29, 1.82) is 0 Å². The van der Waals surface area contributed by atoms with E-state index in [9.17, 15) is 9.90 Å². The number of nitrogens with zero attached hydrogens (tertiary/aromatic N) is 1. The Hall–Kier alpha value is -1.26. The van der Waals surface area contributed by atoms with Crippen molar-refractivity contribution in [2.75, 3.05) is 27.2 Å². The Labute approximate surface area is 137 Å².